The quantitative estimate of drug-likeness (QED) is 0.675. The molecule has 1 atom stereocenters. The summed E-state index contributed by atoms with van der Waals surface area (Å²) in [5.74, 6) is -0.242. The maximum atomic E-state index is 12.8. The van der Waals surface area contributed by atoms with Gasteiger partial charge in [0.25, 0.3) is 5.91 Å². The minimum atomic E-state index is -3.37. The summed E-state index contributed by atoms with van der Waals surface area (Å²) in [6, 6.07) is 13.6. The number of hydrogen-bond donors (Lipinski definition) is 0. The molecule has 0 N–H and O–H groups in total. The topological polar surface area (TPSA) is 85.2 Å². The van der Waals surface area contributed by atoms with Gasteiger partial charge in [-0.3, -0.25) is 4.79 Å². The van der Waals surface area contributed by atoms with E-state index in [1.807, 2.05) is 31.2 Å². The van der Waals surface area contributed by atoms with E-state index in [2.05, 4.69) is 10.1 Å². The molecule has 1 heterocycles. The molecule has 8 heteroatoms. The Morgan fingerprint density at radius 2 is 1.85 bits per heavy atom. The lowest BCUT2D eigenvalue weighted by Crippen LogP contribution is -2.29. The zero-order chi connectivity index (χ0) is 19.6. The zero-order valence-corrected chi connectivity index (χ0v) is 16.1. The van der Waals surface area contributed by atoms with E-state index in [9.17, 15) is 13.2 Å². The monoisotopic (exact) mass is 384 g/mol. The van der Waals surface area contributed by atoms with Crippen molar-refractivity contribution in [3.63, 3.8) is 0 Å². The Bertz CT molecular complexity index is 1040. The third-order valence-corrected chi connectivity index (χ3v) is 5.58. The van der Waals surface area contributed by atoms with Crippen LogP contribution in [-0.4, -0.2) is 47.3 Å². The van der Waals surface area contributed by atoms with Gasteiger partial charge in [-0.15, -0.1) is 0 Å². The van der Waals surface area contributed by atoms with Crippen molar-refractivity contribution in [2.75, 3.05) is 13.3 Å². The van der Waals surface area contributed by atoms with E-state index in [1.54, 1.807) is 35.1 Å². The molecule has 140 valence electrons. The summed E-state index contributed by atoms with van der Waals surface area (Å²) in [6.45, 7) is 1.92. The minimum absolute atomic E-state index is 0.131. The van der Waals surface area contributed by atoms with Gasteiger partial charge in [0.15, 0.2) is 9.84 Å². The molecule has 0 radical (unpaired) electrons. The number of rotatable bonds is 5. The Balaban J connectivity index is 1.80. The van der Waals surface area contributed by atoms with Crippen molar-refractivity contribution in [3.8, 4) is 5.69 Å². The first-order valence-corrected chi connectivity index (χ1v) is 10.2. The number of carbonyl (C=O) groups excluding carboxylic acids is 1. The van der Waals surface area contributed by atoms with Gasteiger partial charge in [-0.1, -0.05) is 18.2 Å². The lowest BCUT2D eigenvalue weighted by Gasteiger charge is -2.25. The second kappa shape index (κ2) is 7.32. The van der Waals surface area contributed by atoms with E-state index in [1.165, 1.54) is 18.5 Å². The van der Waals surface area contributed by atoms with Crippen molar-refractivity contribution in [1.82, 2.24) is 19.7 Å². The number of amides is 1. The number of hydrogen-bond acceptors (Lipinski definition) is 5. The van der Waals surface area contributed by atoms with Crippen LogP contribution in [0.4, 0.5) is 0 Å². The highest BCUT2D eigenvalue weighted by Gasteiger charge is 2.20. The van der Waals surface area contributed by atoms with Crippen LogP contribution in [-0.2, 0) is 9.84 Å². The molecule has 0 aliphatic heterocycles. The maximum Gasteiger partial charge on any atom is 0.254 e. The third kappa shape index (κ3) is 4.06. The first-order valence-electron chi connectivity index (χ1n) is 8.29. The van der Waals surface area contributed by atoms with Crippen LogP contribution in [0, 0.1) is 0 Å². The van der Waals surface area contributed by atoms with Gasteiger partial charge < -0.3 is 4.90 Å². The SMILES string of the molecule is C[C@@H](c1ccc(-n2cncn2)cc1)N(C)C(=O)c1cccc(S(C)(=O)=O)c1. The molecule has 2 aromatic carbocycles. The lowest BCUT2D eigenvalue weighted by molar-refractivity contribution is 0.0742. The highest BCUT2D eigenvalue weighted by molar-refractivity contribution is 7.90. The lowest BCUT2D eigenvalue weighted by atomic mass is 10.1. The molecule has 0 aliphatic carbocycles. The first-order chi connectivity index (χ1) is 12.8. The Morgan fingerprint density at radius 1 is 1.15 bits per heavy atom. The fourth-order valence-corrected chi connectivity index (χ4v) is 3.38. The summed E-state index contributed by atoms with van der Waals surface area (Å²) in [6.07, 6.45) is 4.20. The van der Waals surface area contributed by atoms with E-state index >= 15 is 0 Å². The molecule has 3 aromatic rings. The number of aromatic nitrogens is 3. The standard InChI is InChI=1S/C19H20N4O3S/c1-14(15-7-9-17(10-8-15)23-13-20-12-21-23)22(2)19(24)16-5-4-6-18(11-16)27(3,25)26/h4-14H,1-3H3/t14-/m0/s1. The normalized spacial score (nSPS) is 12.6. The predicted octanol–water partition coefficient (Wildman–Crippen LogP) is 2.50. The van der Waals surface area contributed by atoms with Crippen molar-refractivity contribution in [2.45, 2.75) is 17.9 Å². The van der Waals surface area contributed by atoms with E-state index in [0.717, 1.165) is 17.5 Å². The van der Waals surface area contributed by atoms with Crippen LogP contribution in [0.25, 0.3) is 5.69 Å². The highest BCUT2D eigenvalue weighted by atomic mass is 32.2. The van der Waals surface area contributed by atoms with Crippen LogP contribution >= 0.6 is 0 Å². The van der Waals surface area contributed by atoms with Gasteiger partial charge in [0, 0.05) is 18.9 Å². The summed E-state index contributed by atoms with van der Waals surface area (Å²) >= 11 is 0. The average molecular weight is 384 g/mol. The van der Waals surface area contributed by atoms with Crippen molar-refractivity contribution >= 4 is 15.7 Å². The Morgan fingerprint density at radius 3 is 2.44 bits per heavy atom. The largest absolute Gasteiger partial charge is 0.335 e. The summed E-state index contributed by atoms with van der Waals surface area (Å²) in [5, 5.41) is 4.08. The Hall–Kier alpha value is -3.00. The van der Waals surface area contributed by atoms with E-state index in [4.69, 9.17) is 0 Å². The number of nitrogens with zero attached hydrogens (tertiary/aromatic N) is 4. The zero-order valence-electron chi connectivity index (χ0n) is 15.3. The second-order valence-electron chi connectivity index (χ2n) is 6.32. The van der Waals surface area contributed by atoms with Crippen LogP contribution in [0.15, 0.2) is 66.1 Å². The molecule has 1 aromatic heterocycles. The molecule has 0 fully saturated rings. The van der Waals surface area contributed by atoms with Gasteiger partial charge in [0.2, 0.25) is 0 Å². The van der Waals surface area contributed by atoms with Crippen molar-refractivity contribution in [2.24, 2.45) is 0 Å². The van der Waals surface area contributed by atoms with Crippen LogP contribution in [0.3, 0.4) is 0 Å². The van der Waals surface area contributed by atoms with Crippen LogP contribution in [0.2, 0.25) is 0 Å². The molecule has 7 nitrogen and oxygen atoms in total. The summed E-state index contributed by atoms with van der Waals surface area (Å²) < 4.78 is 25.1. The molecule has 0 unspecified atom stereocenters. The summed E-state index contributed by atoms with van der Waals surface area (Å²) in [4.78, 5) is 18.4. The van der Waals surface area contributed by atoms with E-state index in [-0.39, 0.29) is 16.8 Å². The molecule has 0 aliphatic rings. The third-order valence-electron chi connectivity index (χ3n) is 4.47. The van der Waals surface area contributed by atoms with Gasteiger partial charge in [0.05, 0.1) is 16.6 Å². The predicted molar refractivity (Wildman–Crippen MR) is 101 cm³/mol. The molecule has 0 bridgehead atoms. The molecule has 1 amide bonds. The minimum Gasteiger partial charge on any atom is -0.335 e. The molecule has 27 heavy (non-hydrogen) atoms. The fraction of sp³-hybridized carbons (Fsp3) is 0.211. The van der Waals surface area contributed by atoms with Crippen LogP contribution in [0.5, 0.6) is 0 Å². The van der Waals surface area contributed by atoms with Gasteiger partial charge in [-0.05, 0) is 42.8 Å². The number of sulfone groups is 1. The van der Waals surface area contributed by atoms with Crippen molar-refractivity contribution < 1.29 is 13.2 Å². The fourth-order valence-electron chi connectivity index (χ4n) is 2.71. The van der Waals surface area contributed by atoms with Crippen molar-refractivity contribution in [1.29, 1.82) is 0 Å². The first kappa shape index (κ1) is 18.8. The van der Waals surface area contributed by atoms with E-state index < -0.39 is 9.84 Å². The van der Waals surface area contributed by atoms with Gasteiger partial charge in [-0.25, -0.2) is 18.1 Å². The molecule has 0 saturated carbocycles. The molecular formula is C19H20N4O3S. The highest BCUT2D eigenvalue weighted by Crippen LogP contribution is 2.23. The summed E-state index contributed by atoms with van der Waals surface area (Å²) in [7, 11) is -1.67. The number of benzene rings is 2. The second-order valence-corrected chi connectivity index (χ2v) is 8.34. The smallest absolute Gasteiger partial charge is 0.254 e. The maximum absolute atomic E-state index is 12.8. The molecule has 0 saturated heterocycles. The van der Waals surface area contributed by atoms with Crippen molar-refractivity contribution in [3.05, 3.63) is 72.3 Å². The van der Waals surface area contributed by atoms with Crippen LogP contribution in [0.1, 0.15) is 28.9 Å². The number of carbonyl (C=O) groups is 1. The molecular weight excluding hydrogens is 364 g/mol. The van der Waals surface area contributed by atoms with E-state index in [0.29, 0.717) is 5.56 Å². The summed E-state index contributed by atoms with van der Waals surface area (Å²) in [5.41, 5.74) is 2.17. The molecule has 3 rings (SSSR count). The van der Waals surface area contributed by atoms with Crippen LogP contribution < -0.4 is 0 Å². The van der Waals surface area contributed by atoms with Gasteiger partial charge >= 0.3 is 0 Å². The van der Waals surface area contributed by atoms with Gasteiger partial charge in [0.1, 0.15) is 12.7 Å². The van der Waals surface area contributed by atoms with Gasteiger partial charge in [-0.2, -0.15) is 5.10 Å². The Labute approximate surface area is 158 Å². The average Bonchev–Trinajstić information content (AvgIpc) is 3.20. The molecule has 0 spiro atoms. The Kier molecular flexibility index (Phi) is 5.09.